The molecular formula is C13H18N2O2S. The van der Waals surface area contributed by atoms with Crippen LogP contribution in [0.5, 0.6) is 5.75 Å². The first kappa shape index (κ1) is 14.7. The Bertz CT molecular complexity index is 467. The molecule has 2 unspecified atom stereocenters. The van der Waals surface area contributed by atoms with Gasteiger partial charge in [0.05, 0.1) is 12.7 Å². The molecule has 0 fully saturated rings. The Hall–Kier alpha value is -1.38. The molecule has 4 nitrogen and oxygen atoms in total. The molecule has 0 aliphatic carbocycles. The molecule has 2 atom stereocenters. The summed E-state index contributed by atoms with van der Waals surface area (Å²) in [5.41, 5.74) is 6.98. The van der Waals surface area contributed by atoms with Crippen LogP contribution in [0.2, 0.25) is 0 Å². The predicted octanol–water partition coefficient (Wildman–Crippen LogP) is 1.55. The van der Waals surface area contributed by atoms with Gasteiger partial charge < -0.3 is 10.5 Å². The fourth-order valence-electron chi connectivity index (χ4n) is 1.51. The molecule has 1 rings (SSSR count). The van der Waals surface area contributed by atoms with E-state index in [1.165, 1.54) is 7.11 Å². The van der Waals surface area contributed by atoms with Crippen molar-refractivity contribution in [2.45, 2.75) is 25.1 Å². The van der Waals surface area contributed by atoms with Crippen molar-refractivity contribution in [2.75, 3.05) is 12.9 Å². The van der Waals surface area contributed by atoms with Crippen LogP contribution >= 0.6 is 0 Å². The van der Waals surface area contributed by atoms with Crippen LogP contribution in [0.25, 0.3) is 0 Å². The van der Waals surface area contributed by atoms with Gasteiger partial charge in [0.2, 0.25) is 0 Å². The minimum absolute atomic E-state index is 0.0690. The third-order valence-corrected chi connectivity index (χ3v) is 3.86. The van der Waals surface area contributed by atoms with Crippen LogP contribution in [-0.2, 0) is 16.6 Å². The van der Waals surface area contributed by atoms with Crippen molar-refractivity contribution in [3.63, 3.8) is 0 Å². The summed E-state index contributed by atoms with van der Waals surface area (Å²) in [6, 6.07) is 7.43. The number of nitrogens with two attached hydrogens (primary N) is 1. The summed E-state index contributed by atoms with van der Waals surface area (Å²) in [7, 11) is 0.584. The highest BCUT2D eigenvalue weighted by molar-refractivity contribution is 7.84. The van der Waals surface area contributed by atoms with Crippen molar-refractivity contribution in [3.8, 4) is 11.8 Å². The molecule has 0 saturated heterocycles. The molecular weight excluding hydrogens is 248 g/mol. The third kappa shape index (κ3) is 4.47. The monoisotopic (exact) mass is 266 g/mol. The number of benzene rings is 1. The number of rotatable bonds is 6. The summed E-state index contributed by atoms with van der Waals surface area (Å²) in [6.45, 7) is 1.90. The van der Waals surface area contributed by atoms with Gasteiger partial charge in [-0.15, -0.1) is 0 Å². The first-order valence-electron chi connectivity index (χ1n) is 5.74. The molecule has 0 heterocycles. The molecule has 0 aliphatic rings. The topological polar surface area (TPSA) is 76.1 Å². The Kier molecular flexibility index (Phi) is 5.83. The second kappa shape index (κ2) is 7.14. The van der Waals surface area contributed by atoms with Gasteiger partial charge in [-0.25, -0.2) is 0 Å². The van der Waals surface area contributed by atoms with Crippen LogP contribution in [0, 0.1) is 11.3 Å². The zero-order valence-corrected chi connectivity index (χ0v) is 11.5. The van der Waals surface area contributed by atoms with Crippen molar-refractivity contribution in [1.82, 2.24) is 0 Å². The lowest BCUT2D eigenvalue weighted by molar-refractivity contribution is 0.413. The standard InChI is InChI=1S/C13H18N2O2S/c1-10(15)5-6-18(16)9-11-3-4-13(17-2)12(7-11)8-14/h3-4,7,10H,5-6,9,15H2,1-2H3. The zero-order valence-electron chi connectivity index (χ0n) is 10.7. The molecule has 0 radical (unpaired) electrons. The smallest absolute Gasteiger partial charge is 0.136 e. The van der Waals surface area contributed by atoms with Crippen LogP contribution in [-0.4, -0.2) is 23.1 Å². The SMILES string of the molecule is COc1ccc(CS(=O)CCC(C)N)cc1C#N. The molecule has 1 aromatic carbocycles. The highest BCUT2D eigenvalue weighted by Crippen LogP contribution is 2.19. The lowest BCUT2D eigenvalue weighted by atomic mass is 10.1. The summed E-state index contributed by atoms with van der Waals surface area (Å²) in [4.78, 5) is 0. The number of hydrogen-bond donors (Lipinski definition) is 1. The zero-order chi connectivity index (χ0) is 13.5. The Morgan fingerprint density at radius 3 is 2.83 bits per heavy atom. The van der Waals surface area contributed by atoms with E-state index in [2.05, 4.69) is 6.07 Å². The van der Waals surface area contributed by atoms with Gasteiger partial charge in [-0.3, -0.25) is 4.21 Å². The molecule has 5 heteroatoms. The van der Waals surface area contributed by atoms with Crippen LogP contribution in [0.15, 0.2) is 18.2 Å². The van der Waals surface area contributed by atoms with Crippen molar-refractivity contribution in [2.24, 2.45) is 5.73 Å². The molecule has 0 bridgehead atoms. The van der Waals surface area contributed by atoms with Gasteiger partial charge in [0.1, 0.15) is 11.8 Å². The Balaban J connectivity index is 2.68. The van der Waals surface area contributed by atoms with E-state index in [1.807, 2.05) is 13.0 Å². The van der Waals surface area contributed by atoms with Gasteiger partial charge in [-0.1, -0.05) is 6.07 Å². The van der Waals surface area contributed by atoms with Crippen molar-refractivity contribution in [1.29, 1.82) is 5.26 Å². The maximum atomic E-state index is 11.8. The third-order valence-electron chi connectivity index (χ3n) is 2.51. The second-order valence-corrected chi connectivity index (χ2v) is 5.78. The average Bonchev–Trinajstić information content (AvgIpc) is 2.36. The largest absolute Gasteiger partial charge is 0.495 e. The first-order valence-corrected chi connectivity index (χ1v) is 7.23. The molecule has 0 spiro atoms. The maximum absolute atomic E-state index is 11.8. The summed E-state index contributed by atoms with van der Waals surface area (Å²) in [6.07, 6.45) is 0.744. The van der Waals surface area contributed by atoms with Crippen LogP contribution in [0.4, 0.5) is 0 Å². The van der Waals surface area contributed by atoms with E-state index >= 15 is 0 Å². The van der Waals surface area contributed by atoms with Crippen LogP contribution in [0.1, 0.15) is 24.5 Å². The van der Waals surface area contributed by atoms with E-state index in [0.717, 1.165) is 12.0 Å². The number of methoxy groups -OCH3 is 1. The highest BCUT2D eigenvalue weighted by Gasteiger charge is 2.07. The molecule has 0 amide bonds. The molecule has 98 valence electrons. The van der Waals surface area contributed by atoms with Crippen LogP contribution in [0.3, 0.4) is 0 Å². The van der Waals surface area contributed by atoms with Gasteiger partial charge in [0, 0.05) is 28.3 Å². The lowest BCUT2D eigenvalue weighted by Gasteiger charge is -2.07. The van der Waals surface area contributed by atoms with Gasteiger partial charge in [0.25, 0.3) is 0 Å². The maximum Gasteiger partial charge on any atom is 0.136 e. The predicted molar refractivity (Wildman–Crippen MR) is 72.7 cm³/mol. The number of nitrogens with zero attached hydrogens (tertiary/aromatic N) is 1. The van der Waals surface area contributed by atoms with E-state index in [0.29, 0.717) is 22.8 Å². The number of hydrogen-bond acceptors (Lipinski definition) is 4. The molecule has 0 saturated carbocycles. The Labute approximate surface area is 110 Å². The van der Waals surface area contributed by atoms with E-state index in [9.17, 15) is 4.21 Å². The van der Waals surface area contributed by atoms with Gasteiger partial charge in [0.15, 0.2) is 0 Å². The van der Waals surface area contributed by atoms with E-state index in [-0.39, 0.29) is 6.04 Å². The minimum Gasteiger partial charge on any atom is -0.495 e. The van der Waals surface area contributed by atoms with Gasteiger partial charge >= 0.3 is 0 Å². The van der Waals surface area contributed by atoms with Crippen molar-refractivity contribution >= 4 is 10.8 Å². The van der Waals surface area contributed by atoms with Crippen LogP contribution < -0.4 is 10.5 Å². The van der Waals surface area contributed by atoms with E-state index in [1.54, 1.807) is 12.1 Å². The first-order chi connectivity index (χ1) is 8.56. The minimum atomic E-state index is -0.941. The lowest BCUT2D eigenvalue weighted by Crippen LogP contribution is -2.18. The highest BCUT2D eigenvalue weighted by atomic mass is 32.2. The Morgan fingerprint density at radius 1 is 1.56 bits per heavy atom. The van der Waals surface area contributed by atoms with E-state index in [4.69, 9.17) is 15.7 Å². The van der Waals surface area contributed by atoms with Crippen molar-refractivity contribution < 1.29 is 8.95 Å². The number of ether oxygens (including phenoxy) is 1. The summed E-state index contributed by atoms with van der Waals surface area (Å²) >= 11 is 0. The van der Waals surface area contributed by atoms with Gasteiger partial charge in [-0.05, 0) is 31.0 Å². The number of nitriles is 1. The Morgan fingerprint density at radius 2 is 2.28 bits per heavy atom. The normalized spacial score (nSPS) is 13.7. The molecule has 0 aromatic heterocycles. The van der Waals surface area contributed by atoms with E-state index < -0.39 is 10.8 Å². The summed E-state index contributed by atoms with van der Waals surface area (Å²) in [5, 5.41) is 8.96. The quantitative estimate of drug-likeness (QED) is 0.847. The van der Waals surface area contributed by atoms with Gasteiger partial charge in [-0.2, -0.15) is 5.26 Å². The molecule has 0 aliphatic heterocycles. The fraction of sp³-hybridized carbons (Fsp3) is 0.462. The molecule has 1 aromatic rings. The molecule has 2 N–H and O–H groups in total. The average molecular weight is 266 g/mol. The van der Waals surface area contributed by atoms with Crippen molar-refractivity contribution in [3.05, 3.63) is 29.3 Å². The fourth-order valence-corrected chi connectivity index (χ4v) is 2.84. The summed E-state index contributed by atoms with van der Waals surface area (Å²) in [5.74, 6) is 1.58. The summed E-state index contributed by atoms with van der Waals surface area (Å²) < 4.78 is 16.9. The second-order valence-electron chi connectivity index (χ2n) is 4.20. The molecule has 18 heavy (non-hydrogen) atoms.